The third-order valence-electron chi connectivity index (χ3n) is 3.68. The summed E-state index contributed by atoms with van der Waals surface area (Å²) in [6, 6.07) is 1.34. The molecule has 0 saturated heterocycles. The Balaban J connectivity index is 2.26. The van der Waals surface area contributed by atoms with Crippen molar-refractivity contribution in [1.82, 2.24) is 10.2 Å². The smallest absolute Gasteiger partial charge is 0.0202 e. The summed E-state index contributed by atoms with van der Waals surface area (Å²) in [5.74, 6) is 0. The van der Waals surface area contributed by atoms with E-state index >= 15 is 0 Å². The topological polar surface area (TPSA) is 15.3 Å². The molecule has 2 nitrogen and oxygen atoms in total. The average Bonchev–Trinajstić information content (AvgIpc) is 2.54. The zero-order valence-corrected chi connectivity index (χ0v) is 12.0. The van der Waals surface area contributed by atoms with Gasteiger partial charge >= 0.3 is 0 Å². The molecule has 0 spiro atoms. The third kappa shape index (κ3) is 6.23. The van der Waals surface area contributed by atoms with Crippen molar-refractivity contribution in [2.24, 2.45) is 0 Å². The molecule has 1 aliphatic carbocycles. The van der Waals surface area contributed by atoms with Crippen LogP contribution in [0.1, 0.15) is 52.4 Å². The Morgan fingerprint density at radius 2 is 1.82 bits per heavy atom. The second kappa shape index (κ2) is 7.88. The lowest BCUT2D eigenvalue weighted by molar-refractivity contribution is 0.236. The summed E-state index contributed by atoms with van der Waals surface area (Å²) in [5, 5.41) is 3.44. The first-order valence-corrected chi connectivity index (χ1v) is 7.20. The molecule has 1 fully saturated rings. The largest absolute Gasteiger partial charge is 0.311 e. The lowest BCUT2D eigenvalue weighted by atomic mass is 10.1. The van der Waals surface area contributed by atoms with Crippen LogP contribution in [0.3, 0.4) is 0 Å². The first-order chi connectivity index (χ1) is 8.09. The molecule has 0 unspecified atom stereocenters. The van der Waals surface area contributed by atoms with Crippen molar-refractivity contribution in [2.75, 3.05) is 20.1 Å². The first kappa shape index (κ1) is 14.7. The van der Waals surface area contributed by atoms with Crippen LogP contribution in [0.25, 0.3) is 0 Å². The second-order valence-electron chi connectivity index (χ2n) is 5.85. The molecule has 0 radical (unpaired) electrons. The fraction of sp³-hybridized carbons (Fsp3) is 0.867. The van der Waals surface area contributed by atoms with Crippen LogP contribution in [0.15, 0.2) is 12.2 Å². The summed E-state index contributed by atoms with van der Waals surface area (Å²) in [6.45, 7) is 10.5. The molecular weight excluding hydrogens is 208 g/mol. The Hall–Kier alpha value is -0.340. The van der Waals surface area contributed by atoms with Gasteiger partial charge in [-0.15, -0.1) is 0 Å². The number of rotatable bonds is 6. The van der Waals surface area contributed by atoms with Gasteiger partial charge in [-0.05, 0) is 25.5 Å². The number of hydrogen-bond donors (Lipinski definition) is 1. The SMILES string of the molecule is C=C(CNC(C)C)CN(C)C1CCCCCC1. The van der Waals surface area contributed by atoms with Crippen LogP contribution < -0.4 is 5.32 Å². The highest BCUT2D eigenvalue weighted by molar-refractivity contribution is 5.00. The maximum atomic E-state index is 4.18. The number of nitrogens with zero attached hydrogens (tertiary/aromatic N) is 1. The maximum absolute atomic E-state index is 4.18. The molecule has 0 aromatic heterocycles. The molecule has 1 N–H and O–H groups in total. The van der Waals surface area contributed by atoms with Crippen molar-refractivity contribution in [3.63, 3.8) is 0 Å². The zero-order valence-electron chi connectivity index (χ0n) is 12.0. The van der Waals surface area contributed by atoms with Gasteiger partial charge in [0, 0.05) is 25.2 Å². The Kier molecular flexibility index (Phi) is 6.83. The molecule has 0 bridgehead atoms. The van der Waals surface area contributed by atoms with Crippen molar-refractivity contribution in [2.45, 2.75) is 64.5 Å². The van der Waals surface area contributed by atoms with Crippen LogP contribution in [0, 0.1) is 0 Å². The van der Waals surface area contributed by atoms with E-state index in [-0.39, 0.29) is 0 Å². The Morgan fingerprint density at radius 1 is 1.24 bits per heavy atom. The van der Waals surface area contributed by atoms with Gasteiger partial charge in [-0.3, -0.25) is 4.90 Å². The van der Waals surface area contributed by atoms with Gasteiger partial charge in [-0.25, -0.2) is 0 Å². The summed E-state index contributed by atoms with van der Waals surface area (Å²) in [4.78, 5) is 2.51. The molecule has 1 rings (SSSR count). The highest BCUT2D eigenvalue weighted by Gasteiger charge is 2.17. The fourth-order valence-corrected chi connectivity index (χ4v) is 2.58. The number of hydrogen-bond acceptors (Lipinski definition) is 2. The van der Waals surface area contributed by atoms with Crippen LogP contribution in [-0.2, 0) is 0 Å². The molecule has 17 heavy (non-hydrogen) atoms. The van der Waals surface area contributed by atoms with E-state index in [9.17, 15) is 0 Å². The molecule has 100 valence electrons. The van der Waals surface area contributed by atoms with E-state index in [0.717, 1.165) is 19.1 Å². The first-order valence-electron chi connectivity index (χ1n) is 7.20. The second-order valence-corrected chi connectivity index (χ2v) is 5.85. The van der Waals surface area contributed by atoms with Gasteiger partial charge < -0.3 is 5.32 Å². The average molecular weight is 238 g/mol. The highest BCUT2D eigenvalue weighted by Crippen LogP contribution is 2.21. The molecule has 0 amide bonds. The number of likely N-dealkylation sites (N-methyl/N-ethyl adjacent to an activating group) is 1. The van der Waals surface area contributed by atoms with Crippen molar-refractivity contribution >= 4 is 0 Å². The third-order valence-corrected chi connectivity index (χ3v) is 3.68. The van der Waals surface area contributed by atoms with Crippen molar-refractivity contribution in [3.05, 3.63) is 12.2 Å². The van der Waals surface area contributed by atoms with Crippen LogP contribution in [0.5, 0.6) is 0 Å². The predicted octanol–water partition coefficient (Wildman–Crippen LogP) is 3.20. The molecular formula is C15H30N2. The van der Waals surface area contributed by atoms with Crippen molar-refractivity contribution < 1.29 is 0 Å². The summed E-state index contributed by atoms with van der Waals surface area (Å²) < 4.78 is 0. The molecule has 0 heterocycles. The monoisotopic (exact) mass is 238 g/mol. The van der Waals surface area contributed by atoms with Crippen LogP contribution >= 0.6 is 0 Å². The van der Waals surface area contributed by atoms with Gasteiger partial charge in [-0.2, -0.15) is 0 Å². The summed E-state index contributed by atoms with van der Waals surface area (Å²) in [5.41, 5.74) is 1.31. The van der Waals surface area contributed by atoms with Crippen molar-refractivity contribution in [3.8, 4) is 0 Å². The highest BCUT2D eigenvalue weighted by atomic mass is 15.1. The van der Waals surface area contributed by atoms with Crippen LogP contribution in [0.2, 0.25) is 0 Å². The normalized spacial score (nSPS) is 18.6. The minimum absolute atomic E-state index is 0.551. The Morgan fingerprint density at radius 3 is 2.35 bits per heavy atom. The lowest BCUT2D eigenvalue weighted by Gasteiger charge is -2.28. The predicted molar refractivity (Wildman–Crippen MR) is 76.4 cm³/mol. The maximum Gasteiger partial charge on any atom is 0.0202 e. The van der Waals surface area contributed by atoms with E-state index in [1.54, 1.807) is 0 Å². The Labute approximate surface area is 107 Å². The summed E-state index contributed by atoms with van der Waals surface area (Å²) in [6.07, 6.45) is 8.43. The molecule has 1 saturated carbocycles. The molecule has 0 aromatic rings. The fourth-order valence-electron chi connectivity index (χ4n) is 2.58. The van der Waals surface area contributed by atoms with Gasteiger partial charge in [0.05, 0.1) is 0 Å². The number of nitrogens with one attached hydrogen (secondary N) is 1. The van der Waals surface area contributed by atoms with Gasteiger partial charge in [0.2, 0.25) is 0 Å². The van der Waals surface area contributed by atoms with Crippen molar-refractivity contribution in [1.29, 1.82) is 0 Å². The van der Waals surface area contributed by atoms with Gasteiger partial charge in [0.25, 0.3) is 0 Å². The van der Waals surface area contributed by atoms with Crippen LogP contribution in [-0.4, -0.2) is 37.1 Å². The summed E-state index contributed by atoms with van der Waals surface area (Å²) in [7, 11) is 2.26. The molecule has 1 aliphatic rings. The van der Waals surface area contributed by atoms with E-state index in [1.807, 2.05) is 0 Å². The minimum Gasteiger partial charge on any atom is -0.311 e. The Bertz CT molecular complexity index is 215. The van der Waals surface area contributed by atoms with Gasteiger partial charge in [0.15, 0.2) is 0 Å². The van der Waals surface area contributed by atoms with Gasteiger partial charge in [0.1, 0.15) is 0 Å². The van der Waals surface area contributed by atoms with E-state index < -0.39 is 0 Å². The lowest BCUT2D eigenvalue weighted by Crippen LogP contribution is -2.35. The summed E-state index contributed by atoms with van der Waals surface area (Å²) >= 11 is 0. The van der Waals surface area contributed by atoms with E-state index in [4.69, 9.17) is 0 Å². The quantitative estimate of drug-likeness (QED) is 0.565. The molecule has 0 aliphatic heterocycles. The molecule has 0 aromatic carbocycles. The van der Waals surface area contributed by atoms with E-state index in [2.05, 4.69) is 37.7 Å². The zero-order chi connectivity index (χ0) is 12.7. The van der Waals surface area contributed by atoms with Crippen LogP contribution in [0.4, 0.5) is 0 Å². The minimum atomic E-state index is 0.551. The standard InChI is InChI=1S/C15H30N2/c1-13(2)16-11-14(3)12-17(4)15-9-7-5-6-8-10-15/h13,15-16H,3,5-12H2,1-2,4H3. The van der Waals surface area contributed by atoms with E-state index in [1.165, 1.54) is 44.1 Å². The molecule has 0 atom stereocenters. The van der Waals surface area contributed by atoms with Gasteiger partial charge in [-0.1, -0.05) is 46.1 Å². The molecule has 2 heteroatoms. The van der Waals surface area contributed by atoms with E-state index in [0.29, 0.717) is 6.04 Å².